The first-order valence-electron chi connectivity index (χ1n) is 8.66. The van der Waals surface area contributed by atoms with Gasteiger partial charge in [0.1, 0.15) is 0 Å². The maximum Gasteiger partial charge on any atom is 0.264 e. The van der Waals surface area contributed by atoms with E-state index in [1.807, 2.05) is 36.4 Å². The molecule has 0 saturated carbocycles. The molecule has 0 saturated heterocycles. The molecule has 0 fully saturated rings. The zero-order valence-electron chi connectivity index (χ0n) is 14.5. The lowest BCUT2D eigenvalue weighted by molar-refractivity contribution is 0.586. The first-order valence-corrected chi connectivity index (χ1v) is 10.1. The smallest absolute Gasteiger partial charge is 0.264 e. The number of hydrogen-bond acceptors (Lipinski definition) is 4. The number of aromatic nitrogens is 1. The van der Waals surface area contributed by atoms with E-state index in [0.29, 0.717) is 17.8 Å². The lowest BCUT2D eigenvalue weighted by Gasteiger charge is -2.31. The monoisotopic (exact) mass is 375 g/mol. The Kier molecular flexibility index (Phi) is 4.38. The molecular formula is C21H17N3O2S. The number of anilines is 1. The van der Waals surface area contributed by atoms with Crippen molar-refractivity contribution in [1.29, 1.82) is 5.26 Å². The molecule has 0 radical (unpaired) electrons. The van der Waals surface area contributed by atoms with Crippen LogP contribution in [0.2, 0.25) is 0 Å². The Morgan fingerprint density at radius 1 is 1.04 bits per heavy atom. The predicted octanol–water partition coefficient (Wildman–Crippen LogP) is 3.76. The van der Waals surface area contributed by atoms with E-state index in [0.717, 1.165) is 29.5 Å². The van der Waals surface area contributed by atoms with Crippen molar-refractivity contribution in [1.82, 2.24) is 4.98 Å². The normalized spacial score (nSPS) is 13.7. The van der Waals surface area contributed by atoms with Crippen LogP contribution in [-0.4, -0.2) is 19.9 Å². The molecular weight excluding hydrogens is 358 g/mol. The summed E-state index contributed by atoms with van der Waals surface area (Å²) in [6, 6.07) is 17.9. The average molecular weight is 375 g/mol. The third-order valence-corrected chi connectivity index (χ3v) is 6.51. The van der Waals surface area contributed by atoms with E-state index in [1.165, 1.54) is 16.4 Å². The predicted molar refractivity (Wildman–Crippen MR) is 104 cm³/mol. The van der Waals surface area contributed by atoms with Crippen LogP contribution in [0.1, 0.15) is 17.5 Å². The van der Waals surface area contributed by atoms with Crippen LogP contribution in [0.4, 0.5) is 5.69 Å². The Bertz CT molecular complexity index is 1140. The van der Waals surface area contributed by atoms with Gasteiger partial charge in [0.2, 0.25) is 0 Å². The fraction of sp³-hybridized carbons (Fsp3) is 0.143. The van der Waals surface area contributed by atoms with Crippen LogP contribution in [0, 0.1) is 11.3 Å². The van der Waals surface area contributed by atoms with Crippen molar-refractivity contribution in [2.24, 2.45) is 0 Å². The SMILES string of the molecule is N#Cc1cccc(S(=O)(=O)N2CCCc3cc(-c4cccnc4)ccc32)c1. The highest BCUT2D eigenvalue weighted by atomic mass is 32.2. The van der Waals surface area contributed by atoms with Crippen molar-refractivity contribution in [2.75, 3.05) is 10.8 Å². The van der Waals surface area contributed by atoms with Crippen molar-refractivity contribution >= 4 is 15.7 Å². The van der Waals surface area contributed by atoms with E-state index >= 15 is 0 Å². The third-order valence-electron chi connectivity index (χ3n) is 4.70. The number of fused-ring (bicyclic) bond motifs is 1. The van der Waals surface area contributed by atoms with Crippen molar-refractivity contribution in [2.45, 2.75) is 17.7 Å². The third kappa shape index (κ3) is 3.18. The van der Waals surface area contributed by atoms with Crippen LogP contribution in [0.3, 0.4) is 0 Å². The van der Waals surface area contributed by atoms with Gasteiger partial charge in [-0.2, -0.15) is 5.26 Å². The number of sulfonamides is 1. The van der Waals surface area contributed by atoms with Gasteiger partial charge >= 0.3 is 0 Å². The quantitative estimate of drug-likeness (QED) is 0.699. The van der Waals surface area contributed by atoms with Crippen molar-refractivity contribution < 1.29 is 8.42 Å². The fourth-order valence-electron chi connectivity index (χ4n) is 3.38. The van der Waals surface area contributed by atoms with Gasteiger partial charge in [0.25, 0.3) is 10.0 Å². The van der Waals surface area contributed by atoms with Gasteiger partial charge in [-0.1, -0.05) is 18.2 Å². The molecule has 0 bridgehead atoms. The van der Waals surface area contributed by atoms with Gasteiger partial charge < -0.3 is 0 Å². The number of rotatable bonds is 3. The average Bonchev–Trinajstić information content (AvgIpc) is 2.73. The second-order valence-corrected chi connectivity index (χ2v) is 8.27. The Balaban J connectivity index is 1.76. The van der Waals surface area contributed by atoms with Crippen LogP contribution < -0.4 is 4.31 Å². The molecule has 2 aromatic carbocycles. The molecule has 27 heavy (non-hydrogen) atoms. The van der Waals surface area contributed by atoms with Crippen molar-refractivity contribution in [3.63, 3.8) is 0 Å². The summed E-state index contributed by atoms with van der Waals surface area (Å²) in [7, 11) is -3.72. The van der Waals surface area contributed by atoms with Crippen LogP contribution in [0.5, 0.6) is 0 Å². The molecule has 0 unspecified atom stereocenters. The summed E-state index contributed by atoms with van der Waals surface area (Å²) in [5.41, 5.74) is 4.06. The highest BCUT2D eigenvalue weighted by Crippen LogP contribution is 2.34. The summed E-state index contributed by atoms with van der Waals surface area (Å²) in [4.78, 5) is 4.29. The van der Waals surface area contributed by atoms with Gasteiger partial charge in [-0.05, 0) is 65.9 Å². The Morgan fingerprint density at radius 2 is 1.93 bits per heavy atom. The number of nitriles is 1. The summed E-state index contributed by atoms with van der Waals surface area (Å²) >= 11 is 0. The molecule has 0 N–H and O–H groups in total. The van der Waals surface area contributed by atoms with Crippen LogP contribution in [0.15, 0.2) is 71.9 Å². The Hall–Kier alpha value is -3.17. The standard InChI is InChI=1S/C21H17N3O2S/c22-14-16-4-1-7-20(12-16)27(25,26)24-11-3-6-18-13-17(8-9-21(18)24)19-5-2-10-23-15-19/h1-2,4-5,7-10,12-13,15H,3,6,11H2. The number of aryl methyl sites for hydroxylation is 1. The van der Waals surface area contributed by atoms with Gasteiger partial charge in [0, 0.05) is 18.9 Å². The molecule has 5 nitrogen and oxygen atoms in total. The summed E-state index contributed by atoms with van der Waals surface area (Å²) < 4.78 is 27.8. The van der Waals surface area contributed by atoms with Gasteiger partial charge in [0.15, 0.2) is 0 Å². The number of nitrogens with zero attached hydrogens (tertiary/aromatic N) is 3. The summed E-state index contributed by atoms with van der Waals surface area (Å²) in [6.07, 6.45) is 5.10. The molecule has 0 atom stereocenters. The van der Waals surface area contributed by atoms with E-state index < -0.39 is 10.0 Å². The highest BCUT2D eigenvalue weighted by Gasteiger charge is 2.29. The van der Waals surface area contributed by atoms with Crippen LogP contribution in [-0.2, 0) is 16.4 Å². The largest absolute Gasteiger partial charge is 0.266 e. The Labute approximate surface area is 158 Å². The zero-order valence-corrected chi connectivity index (χ0v) is 15.4. The fourth-order valence-corrected chi connectivity index (χ4v) is 4.97. The topological polar surface area (TPSA) is 74.1 Å². The van der Waals surface area contributed by atoms with Gasteiger partial charge in [-0.25, -0.2) is 8.42 Å². The molecule has 4 rings (SSSR count). The minimum atomic E-state index is -3.72. The van der Waals surface area contributed by atoms with E-state index in [2.05, 4.69) is 4.98 Å². The summed E-state index contributed by atoms with van der Waals surface area (Å²) in [5, 5.41) is 9.07. The van der Waals surface area contributed by atoms with Gasteiger partial charge in [0.05, 0.1) is 22.2 Å². The van der Waals surface area contributed by atoms with Crippen molar-refractivity contribution in [3.05, 3.63) is 78.1 Å². The highest BCUT2D eigenvalue weighted by molar-refractivity contribution is 7.92. The zero-order chi connectivity index (χ0) is 18.9. The molecule has 0 aliphatic carbocycles. The number of hydrogen-bond donors (Lipinski definition) is 0. The van der Waals surface area contributed by atoms with Crippen molar-refractivity contribution in [3.8, 4) is 17.2 Å². The van der Waals surface area contributed by atoms with Gasteiger partial charge in [-0.15, -0.1) is 0 Å². The first kappa shape index (κ1) is 17.3. The molecule has 1 aromatic heterocycles. The molecule has 1 aliphatic heterocycles. The molecule has 134 valence electrons. The lowest BCUT2D eigenvalue weighted by atomic mass is 9.98. The summed E-state index contributed by atoms with van der Waals surface area (Å²) in [6.45, 7) is 0.429. The lowest BCUT2D eigenvalue weighted by Crippen LogP contribution is -2.35. The maximum atomic E-state index is 13.2. The van der Waals surface area contributed by atoms with Gasteiger partial charge in [-0.3, -0.25) is 9.29 Å². The molecule has 0 amide bonds. The second kappa shape index (κ2) is 6.86. The van der Waals surface area contributed by atoms with E-state index in [1.54, 1.807) is 24.5 Å². The van der Waals surface area contributed by atoms with E-state index in [4.69, 9.17) is 5.26 Å². The molecule has 3 aromatic rings. The van der Waals surface area contributed by atoms with E-state index in [9.17, 15) is 8.42 Å². The second-order valence-electron chi connectivity index (χ2n) is 6.41. The maximum absolute atomic E-state index is 13.2. The molecule has 0 spiro atoms. The Morgan fingerprint density at radius 3 is 2.70 bits per heavy atom. The molecule has 1 aliphatic rings. The van der Waals surface area contributed by atoms with Crippen LogP contribution in [0.25, 0.3) is 11.1 Å². The minimum Gasteiger partial charge on any atom is -0.266 e. The molecule has 2 heterocycles. The van der Waals surface area contributed by atoms with Crippen LogP contribution >= 0.6 is 0 Å². The molecule has 6 heteroatoms. The number of benzene rings is 2. The summed E-state index contributed by atoms with van der Waals surface area (Å²) in [5.74, 6) is 0. The van der Waals surface area contributed by atoms with E-state index in [-0.39, 0.29) is 4.90 Å². The minimum absolute atomic E-state index is 0.144. The first-order chi connectivity index (χ1) is 13.1. The number of pyridine rings is 1.